The van der Waals surface area contributed by atoms with Crippen molar-refractivity contribution in [1.82, 2.24) is 5.32 Å². The van der Waals surface area contributed by atoms with Gasteiger partial charge in [0.25, 0.3) is 0 Å². The van der Waals surface area contributed by atoms with E-state index in [1.807, 2.05) is 0 Å². The van der Waals surface area contributed by atoms with Gasteiger partial charge in [-0.25, -0.2) is 0 Å². The molecule has 2 aliphatic rings. The molecule has 0 bridgehead atoms. The smallest absolute Gasteiger partial charge is 0.223 e. The maximum atomic E-state index is 12.0. The van der Waals surface area contributed by atoms with E-state index in [1.165, 1.54) is 5.69 Å². The van der Waals surface area contributed by atoms with Crippen molar-refractivity contribution in [2.75, 3.05) is 31.2 Å². The van der Waals surface area contributed by atoms with Crippen molar-refractivity contribution in [3.63, 3.8) is 0 Å². The number of carbonyl (C=O) groups is 1. The third-order valence-corrected chi connectivity index (χ3v) is 4.57. The first-order chi connectivity index (χ1) is 10.1. The number of morpholine rings is 1. The average molecular weight is 288 g/mol. The molecule has 0 aromatic heterocycles. The summed E-state index contributed by atoms with van der Waals surface area (Å²) in [6, 6.07) is 8.59. The van der Waals surface area contributed by atoms with E-state index in [1.54, 1.807) is 0 Å². The standard InChI is InChI=1S/C17H24N2O2/c1-12-11-16(12)17(20)18-13(2)14-3-5-15(6-4-14)19-7-9-21-10-8-19/h3-6,12-13,16H,7-11H2,1-2H3,(H,18,20)/t12-,13+,16+/m1/s1. The molecule has 2 fully saturated rings. The van der Waals surface area contributed by atoms with E-state index in [4.69, 9.17) is 4.74 Å². The fourth-order valence-corrected chi connectivity index (χ4v) is 2.89. The molecule has 1 saturated carbocycles. The Labute approximate surface area is 126 Å². The normalized spacial score (nSPS) is 26.3. The van der Waals surface area contributed by atoms with Gasteiger partial charge in [0.05, 0.1) is 19.3 Å². The molecule has 1 heterocycles. The predicted molar refractivity (Wildman–Crippen MR) is 83.3 cm³/mol. The summed E-state index contributed by atoms with van der Waals surface area (Å²) in [6.45, 7) is 7.68. The molecule has 1 aromatic rings. The molecular weight excluding hydrogens is 264 g/mol. The molecule has 0 radical (unpaired) electrons. The summed E-state index contributed by atoms with van der Waals surface area (Å²) in [4.78, 5) is 14.3. The van der Waals surface area contributed by atoms with Crippen molar-refractivity contribution in [3.8, 4) is 0 Å². The molecule has 4 nitrogen and oxygen atoms in total. The van der Waals surface area contributed by atoms with Crippen LogP contribution in [0.5, 0.6) is 0 Å². The number of benzene rings is 1. The molecular formula is C17H24N2O2. The summed E-state index contributed by atoms with van der Waals surface area (Å²) in [6.07, 6.45) is 1.04. The van der Waals surface area contributed by atoms with Gasteiger partial charge in [-0.3, -0.25) is 4.79 Å². The first kappa shape index (κ1) is 14.4. The molecule has 1 aliphatic heterocycles. The van der Waals surface area contributed by atoms with Crippen LogP contribution in [-0.4, -0.2) is 32.2 Å². The Morgan fingerprint density at radius 2 is 1.90 bits per heavy atom. The van der Waals surface area contributed by atoms with E-state index in [2.05, 4.69) is 48.3 Å². The van der Waals surface area contributed by atoms with Crippen LogP contribution in [0.15, 0.2) is 24.3 Å². The summed E-state index contributed by atoms with van der Waals surface area (Å²) in [5, 5.41) is 3.11. The van der Waals surface area contributed by atoms with Crippen molar-refractivity contribution in [1.29, 1.82) is 0 Å². The molecule has 21 heavy (non-hydrogen) atoms. The van der Waals surface area contributed by atoms with Gasteiger partial charge in [0.2, 0.25) is 5.91 Å². The second kappa shape index (κ2) is 6.06. The fraction of sp³-hybridized carbons (Fsp3) is 0.588. The summed E-state index contributed by atoms with van der Waals surface area (Å²) in [7, 11) is 0. The van der Waals surface area contributed by atoms with Crippen LogP contribution < -0.4 is 10.2 Å². The quantitative estimate of drug-likeness (QED) is 0.924. The van der Waals surface area contributed by atoms with Crippen LogP contribution in [0.25, 0.3) is 0 Å². The van der Waals surface area contributed by atoms with Gasteiger partial charge in [0, 0.05) is 24.7 Å². The van der Waals surface area contributed by atoms with Crippen LogP contribution in [-0.2, 0) is 9.53 Å². The highest BCUT2D eigenvalue weighted by Crippen LogP contribution is 2.38. The molecule has 1 aliphatic carbocycles. The van der Waals surface area contributed by atoms with Crippen LogP contribution in [0.2, 0.25) is 0 Å². The number of rotatable bonds is 4. The van der Waals surface area contributed by atoms with E-state index in [0.29, 0.717) is 5.92 Å². The van der Waals surface area contributed by atoms with E-state index in [9.17, 15) is 4.79 Å². The Balaban J connectivity index is 1.59. The van der Waals surface area contributed by atoms with Crippen molar-refractivity contribution >= 4 is 11.6 Å². The number of hydrogen-bond acceptors (Lipinski definition) is 3. The molecule has 1 aromatic carbocycles. The van der Waals surface area contributed by atoms with Crippen LogP contribution in [0.1, 0.15) is 31.9 Å². The zero-order valence-corrected chi connectivity index (χ0v) is 12.8. The highest BCUT2D eigenvalue weighted by Gasteiger charge is 2.39. The minimum absolute atomic E-state index is 0.0732. The lowest BCUT2D eigenvalue weighted by molar-refractivity contribution is -0.123. The molecule has 1 saturated heterocycles. The Hall–Kier alpha value is -1.55. The maximum absolute atomic E-state index is 12.0. The first-order valence-electron chi connectivity index (χ1n) is 7.88. The molecule has 0 unspecified atom stereocenters. The minimum Gasteiger partial charge on any atom is -0.378 e. The molecule has 0 spiro atoms. The Kier molecular flexibility index (Phi) is 4.15. The number of ether oxygens (including phenoxy) is 1. The largest absolute Gasteiger partial charge is 0.378 e. The van der Waals surface area contributed by atoms with Gasteiger partial charge in [-0.05, 0) is 37.0 Å². The number of nitrogens with one attached hydrogen (secondary N) is 1. The molecule has 1 amide bonds. The highest BCUT2D eigenvalue weighted by atomic mass is 16.5. The zero-order valence-electron chi connectivity index (χ0n) is 12.8. The molecule has 1 N–H and O–H groups in total. The van der Waals surface area contributed by atoms with E-state index >= 15 is 0 Å². The predicted octanol–water partition coefficient (Wildman–Crippen LogP) is 2.36. The van der Waals surface area contributed by atoms with Gasteiger partial charge >= 0.3 is 0 Å². The molecule has 3 atom stereocenters. The minimum atomic E-state index is 0.0732. The fourth-order valence-electron chi connectivity index (χ4n) is 2.89. The topological polar surface area (TPSA) is 41.6 Å². The summed E-state index contributed by atoms with van der Waals surface area (Å²) in [5.74, 6) is 0.994. The summed E-state index contributed by atoms with van der Waals surface area (Å²) >= 11 is 0. The van der Waals surface area contributed by atoms with Crippen molar-refractivity contribution < 1.29 is 9.53 Å². The number of anilines is 1. The Morgan fingerprint density at radius 1 is 1.29 bits per heavy atom. The lowest BCUT2D eigenvalue weighted by Gasteiger charge is -2.29. The third-order valence-electron chi connectivity index (χ3n) is 4.57. The third kappa shape index (κ3) is 3.38. The van der Waals surface area contributed by atoms with Crippen molar-refractivity contribution in [3.05, 3.63) is 29.8 Å². The summed E-state index contributed by atoms with van der Waals surface area (Å²) in [5.41, 5.74) is 2.39. The van der Waals surface area contributed by atoms with E-state index in [-0.39, 0.29) is 17.9 Å². The van der Waals surface area contributed by atoms with E-state index < -0.39 is 0 Å². The first-order valence-corrected chi connectivity index (χ1v) is 7.88. The van der Waals surface area contributed by atoms with Gasteiger partial charge in [0.1, 0.15) is 0 Å². The lowest BCUT2D eigenvalue weighted by atomic mass is 10.1. The van der Waals surface area contributed by atoms with Gasteiger partial charge in [0.15, 0.2) is 0 Å². The van der Waals surface area contributed by atoms with Crippen molar-refractivity contribution in [2.45, 2.75) is 26.3 Å². The molecule has 3 rings (SSSR count). The Bertz CT molecular complexity index is 494. The van der Waals surface area contributed by atoms with Crippen molar-refractivity contribution in [2.24, 2.45) is 11.8 Å². The lowest BCUT2D eigenvalue weighted by Crippen LogP contribution is -2.36. The number of nitrogens with zero attached hydrogens (tertiary/aromatic N) is 1. The van der Waals surface area contributed by atoms with Gasteiger partial charge in [-0.1, -0.05) is 19.1 Å². The Morgan fingerprint density at radius 3 is 2.48 bits per heavy atom. The number of carbonyl (C=O) groups excluding carboxylic acids is 1. The maximum Gasteiger partial charge on any atom is 0.223 e. The zero-order chi connectivity index (χ0) is 14.8. The van der Waals surface area contributed by atoms with Gasteiger partial charge < -0.3 is 15.0 Å². The highest BCUT2D eigenvalue weighted by molar-refractivity contribution is 5.81. The number of hydrogen-bond donors (Lipinski definition) is 1. The monoisotopic (exact) mass is 288 g/mol. The molecule has 4 heteroatoms. The number of amides is 1. The van der Waals surface area contributed by atoms with Crippen LogP contribution in [0.3, 0.4) is 0 Å². The average Bonchev–Trinajstić information content (AvgIpc) is 3.25. The SMILES string of the molecule is C[C@H](NC(=O)[C@H]1C[C@H]1C)c1ccc(N2CCOCC2)cc1. The summed E-state index contributed by atoms with van der Waals surface area (Å²) < 4.78 is 5.37. The van der Waals surface area contributed by atoms with Crippen LogP contribution >= 0.6 is 0 Å². The van der Waals surface area contributed by atoms with Gasteiger partial charge in [-0.2, -0.15) is 0 Å². The van der Waals surface area contributed by atoms with Crippen LogP contribution in [0, 0.1) is 11.8 Å². The van der Waals surface area contributed by atoms with Gasteiger partial charge in [-0.15, -0.1) is 0 Å². The van der Waals surface area contributed by atoms with Crippen LogP contribution in [0.4, 0.5) is 5.69 Å². The van der Waals surface area contributed by atoms with E-state index in [0.717, 1.165) is 38.3 Å². The second-order valence-corrected chi connectivity index (χ2v) is 6.24. The second-order valence-electron chi connectivity index (χ2n) is 6.24. The molecule has 114 valence electrons.